The fourth-order valence-electron chi connectivity index (χ4n) is 1.28. The van der Waals surface area contributed by atoms with Gasteiger partial charge in [-0.05, 0) is 13.8 Å². The summed E-state index contributed by atoms with van der Waals surface area (Å²) in [4.78, 5) is 0. The molecule has 0 aliphatic heterocycles. The lowest BCUT2D eigenvalue weighted by Gasteiger charge is -1.95. The van der Waals surface area contributed by atoms with Crippen LogP contribution < -0.4 is 5.73 Å². The summed E-state index contributed by atoms with van der Waals surface area (Å²) in [5.74, 6) is 0.538. The third kappa shape index (κ3) is 1.09. The Morgan fingerprint density at radius 3 is 2.54 bits per heavy atom. The predicted molar refractivity (Wildman–Crippen MR) is 50.1 cm³/mol. The van der Waals surface area contributed by atoms with Crippen LogP contribution in [0.5, 0.6) is 0 Å². The second-order valence-electron chi connectivity index (χ2n) is 3.02. The van der Waals surface area contributed by atoms with Crippen molar-refractivity contribution in [2.45, 2.75) is 13.8 Å². The van der Waals surface area contributed by atoms with E-state index < -0.39 is 0 Å². The van der Waals surface area contributed by atoms with Crippen LogP contribution >= 0.6 is 0 Å². The van der Waals surface area contributed by atoms with Gasteiger partial charge >= 0.3 is 0 Å². The first-order chi connectivity index (χ1) is 6.20. The molecule has 0 saturated heterocycles. The van der Waals surface area contributed by atoms with Crippen LogP contribution in [0.1, 0.15) is 11.3 Å². The van der Waals surface area contributed by atoms with Crippen LogP contribution in [0.25, 0.3) is 11.3 Å². The number of aromatic nitrogens is 4. The van der Waals surface area contributed by atoms with E-state index in [1.807, 2.05) is 13.8 Å². The van der Waals surface area contributed by atoms with Gasteiger partial charge in [-0.2, -0.15) is 10.2 Å². The number of aromatic amines is 2. The molecule has 2 aromatic rings. The van der Waals surface area contributed by atoms with Crippen molar-refractivity contribution in [3.05, 3.63) is 17.5 Å². The molecule has 0 aromatic carbocycles. The smallest absolute Gasteiger partial charge is 0.148 e. The Balaban J connectivity index is 2.59. The number of hydrogen-bond donors (Lipinski definition) is 3. The molecule has 2 aromatic heterocycles. The highest BCUT2D eigenvalue weighted by atomic mass is 15.2. The van der Waals surface area contributed by atoms with Gasteiger partial charge in [-0.1, -0.05) is 0 Å². The molecule has 0 aliphatic rings. The van der Waals surface area contributed by atoms with Crippen molar-refractivity contribution in [1.29, 1.82) is 0 Å². The van der Waals surface area contributed by atoms with Crippen molar-refractivity contribution in [2.24, 2.45) is 0 Å². The number of H-pyrrole nitrogens is 2. The number of nitrogens with two attached hydrogens (primary N) is 1. The summed E-state index contributed by atoms with van der Waals surface area (Å²) >= 11 is 0. The minimum Gasteiger partial charge on any atom is -0.382 e. The normalized spacial score (nSPS) is 10.6. The van der Waals surface area contributed by atoms with Crippen LogP contribution in [0.2, 0.25) is 0 Å². The third-order valence-electron chi connectivity index (χ3n) is 2.15. The van der Waals surface area contributed by atoms with Gasteiger partial charge < -0.3 is 5.73 Å². The van der Waals surface area contributed by atoms with Crippen molar-refractivity contribution >= 4 is 5.82 Å². The highest BCUT2D eigenvalue weighted by Gasteiger charge is 2.11. The number of aryl methyl sites for hydroxylation is 1. The summed E-state index contributed by atoms with van der Waals surface area (Å²) in [7, 11) is 0. The van der Waals surface area contributed by atoms with Gasteiger partial charge in [0.05, 0.1) is 11.9 Å². The first-order valence-corrected chi connectivity index (χ1v) is 4.01. The number of nitrogens with one attached hydrogen (secondary N) is 2. The molecule has 4 N–H and O–H groups in total. The molecule has 0 aliphatic carbocycles. The molecule has 2 heterocycles. The summed E-state index contributed by atoms with van der Waals surface area (Å²) < 4.78 is 0. The molecule has 0 radical (unpaired) electrons. The minimum absolute atomic E-state index is 0.538. The second kappa shape index (κ2) is 2.62. The standard InChI is InChI=1S/C8H11N5/c1-4-7(12-13-8(4)9)6-3-10-11-5(6)2/h3H,1-2H3,(H,10,11)(H3,9,12,13). The minimum atomic E-state index is 0.538. The molecule has 2 rings (SSSR count). The lowest BCUT2D eigenvalue weighted by molar-refractivity contribution is 1.05. The third-order valence-corrected chi connectivity index (χ3v) is 2.15. The van der Waals surface area contributed by atoms with Crippen molar-refractivity contribution in [3.63, 3.8) is 0 Å². The zero-order valence-electron chi connectivity index (χ0n) is 7.55. The molecule has 0 unspecified atom stereocenters. The zero-order chi connectivity index (χ0) is 9.42. The van der Waals surface area contributed by atoms with Crippen molar-refractivity contribution in [3.8, 4) is 11.3 Å². The first-order valence-electron chi connectivity index (χ1n) is 4.01. The summed E-state index contributed by atoms with van der Waals surface area (Å²) in [5.41, 5.74) is 9.54. The number of nitrogens with zero attached hydrogens (tertiary/aromatic N) is 2. The van der Waals surface area contributed by atoms with E-state index in [1.54, 1.807) is 6.20 Å². The number of nitrogen functional groups attached to an aromatic ring is 1. The molecule has 0 fully saturated rings. The van der Waals surface area contributed by atoms with E-state index in [4.69, 9.17) is 5.73 Å². The molecule has 0 atom stereocenters. The highest BCUT2D eigenvalue weighted by Crippen LogP contribution is 2.25. The molecule has 68 valence electrons. The fourth-order valence-corrected chi connectivity index (χ4v) is 1.28. The SMILES string of the molecule is Cc1[nH]ncc1-c1[nH]nc(N)c1C. The van der Waals surface area contributed by atoms with Crippen LogP contribution in [0.3, 0.4) is 0 Å². The summed E-state index contributed by atoms with van der Waals surface area (Å²) in [6.45, 7) is 3.89. The van der Waals surface area contributed by atoms with Gasteiger partial charge in [-0.25, -0.2) is 0 Å². The van der Waals surface area contributed by atoms with Crippen LogP contribution in [0, 0.1) is 13.8 Å². The molecule has 0 bridgehead atoms. The monoisotopic (exact) mass is 177 g/mol. The summed E-state index contributed by atoms with van der Waals surface area (Å²) in [6, 6.07) is 0. The van der Waals surface area contributed by atoms with E-state index in [-0.39, 0.29) is 0 Å². The zero-order valence-corrected chi connectivity index (χ0v) is 7.55. The van der Waals surface area contributed by atoms with Gasteiger partial charge in [0.1, 0.15) is 5.82 Å². The van der Waals surface area contributed by atoms with E-state index >= 15 is 0 Å². The average Bonchev–Trinajstić information content (AvgIpc) is 2.62. The Kier molecular flexibility index (Phi) is 1.58. The summed E-state index contributed by atoms with van der Waals surface area (Å²) in [5, 5.41) is 13.6. The van der Waals surface area contributed by atoms with Crippen LogP contribution in [-0.2, 0) is 0 Å². The van der Waals surface area contributed by atoms with Gasteiger partial charge in [0, 0.05) is 16.8 Å². The van der Waals surface area contributed by atoms with Gasteiger partial charge in [0.2, 0.25) is 0 Å². The highest BCUT2D eigenvalue weighted by molar-refractivity contribution is 5.68. The molecular weight excluding hydrogens is 166 g/mol. The largest absolute Gasteiger partial charge is 0.382 e. The van der Waals surface area contributed by atoms with E-state index in [0.29, 0.717) is 5.82 Å². The van der Waals surface area contributed by atoms with Crippen LogP contribution in [-0.4, -0.2) is 20.4 Å². The maximum atomic E-state index is 5.62. The Morgan fingerprint density at radius 1 is 1.31 bits per heavy atom. The lowest BCUT2D eigenvalue weighted by atomic mass is 10.1. The molecule has 0 amide bonds. The Bertz CT molecular complexity index is 425. The molecule has 5 nitrogen and oxygen atoms in total. The van der Waals surface area contributed by atoms with Crippen molar-refractivity contribution < 1.29 is 0 Å². The van der Waals surface area contributed by atoms with Crippen molar-refractivity contribution in [2.75, 3.05) is 5.73 Å². The molecule has 0 spiro atoms. The summed E-state index contributed by atoms with van der Waals surface area (Å²) in [6.07, 6.45) is 1.76. The van der Waals surface area contributed by atoms with Crippen LogP contribution in [0.4, 0.5) is 5.82 Å². The van der Waals surface area contributed by atoms with Gasteiger partial charge in [0.15, 0.2) is 0 Å². The van der Waals surface area contributed by atoms with Gasteiger partial charge in [-0.15, -0.1) is 0 Å². The van der Waals surface area contributed by atoms with E-state index in [9.17, 15) is 0 Å². The Labute approximate surface area is 75.4 Å². The predicted octanol–water partition coefficient (Wildman–Crippen LogP) is 0.999. The fraction of sp³-hybridized carbons (Fsp3) is 0.250. The molecule has 5 heteroatoms. The Morgan fingerprint density at radius 2 is 2.08 bits per heavy atom. The number of anilines is 1. The molecular formula is C8H11N5. The average molecular weight is 177 g/mol. The molecule has 13 heavy (non-hydrogen) atoms. The maximum absolute atomic E-state index is 5.62. The number of rotatable bonds is 1. The first kappa shape index (κ1) is 7.85. The van der Waals surface area contributed by atoms with E-state index in [1.165, 1.54) is 0 Å². The number of hydrogen-bond acceptors (Lipinski definition) is 3. The lowest BCUT2D eigenvalue weighted by Crippen LogP contribution is -1.86. The van der Waals surface area contributed by atoms with E-state index in [2.05, 4.69) is 20.4 Å². The van der Waals surface area contributed by atoms with Gasteiger partial charge in [-0.3, -0.25) is 10.2 Å². The molecule has 0 saturated carbocycles. The topological polar surface area (TPSA) is 83.4 Å². The quantitative estimate of drug-likeness (QED) is 0.607. The Hall–Kier alpha value is -1.78. The van der Waals surface area contributed by atoms with Crippen molar-refractivity contribution in [1.82, 2.24) is 20.4 Å². The second-order valence-corrected chi connectivity index (χ2v) is 3.02. The van der Waals surface area contributed by atoms with E-state index in [0.717, 1.165) is 22.5 Å². The van der Waals surface area contributed by atoms with Gasteiger partial charge in [0.25, 0.3) is 0 Å². The van der Waals surface area contributed by atoms with Crippen LogP contribution in [0.15, 0.2) is 6.20 Å². The maximum Gasteiger partial charge on any atom is 0.148 e.